The molecule has 0 unspecified atom stereocenters. The van der Waals surface area contributed by atoms with Gasteiger partial charge in [0.1, 0.15) is 17.2 Å². The topological polar surface area (TPSA) is 83.9 Å². The van der Waals surface area contributed by atoms with Crippen LogP contribution in [0.25, 0.3) is 0 Å². The van der Waals surface area contributed by atoms with E-state index in [9.17, 15) is 31.5 Å². The van der Waals surface area contributed by atoms with Gasteiger partial charge in [-0.2, -0.15) is 13.2 Å². The lowest BCUT2D eigenvalue weighted by molar-refractivity contribution is -0.119. The smallest absolute Gasteiger partial charge is 0.405 e. The molecule has 0 fully saturated rings. The summed E-state index contributed by atoms with van der Waals surface area (Å²) >= 11 is 0. The second-order valence-corrected chi connectivity index (χ2v) is 8.69. The molecule has 164 valence electrons. The monoisotopic (exact) mass is 445 g/mol. The lowest BCUT2D eigenvalue weighted by Crippen LogP contribution is -2.35. The zero-order valence-electron chi connectivity index (χ0n) is 16.4. The third-order valence-corrected chi connectivity index (χ3v) is 5.24. The number of benzene rings is 2. The molecule has 0 spiro atoms. The van der Waals surface area contributed by atoms with Gasteiger partial charge < -0.3 is 14.7 Å². The molecule has 6 nitrogen and oxygen atoms in total. The van der Waals surface area contributed by atoms with Crippen molar-refractivity contribution < 1.29 is 36.2 Å². The Bertz CT molecular complexity index is 991. The normalized spacial score (nSPS) is 11.9. The Hall–Kier alpha value is -2.75. The molecule has 30 heavy (non-hydrogen) atoms. The number of carboxylic acid groups (broad SMARTS) is 1. The molecular weight excluding hydrogens is 423 g/mol. The van der Waals surface area contributed by atoms with Gasteiger partial charge in [0.2, 0.25) is 0 Å². The van der Waals surface area contributed by atoms with Crippen LogP contribution in [0.4, 0.5) is 18.9 Å². The predicted molar refractivity (Wildman–Crippen MR) is 106 cm³/mol. The highest BCUT2D eigenvalue weighted by atomic mass is 32.2. The maximum Gasteiger partial charge on any atom is 0.405 e. The van der Waals surface area contributed by atoms with Crippen LogP contribution in [0.5, 0.6) is 11.5 Å². The van der Waals surface area contributed by atoms with Gasteiger partial charge >= 0.3 is 12.1 Å². The number of unbranched alkanes of at least 4 members (excludes halogenated alkanes) is 1. The zero-order chi connectivity index (χ0) is 22.5. The number of nitrogens with zero attached hydrogens (tertiary/aromatic N) is 1. The van der Waals surface area contributed by atoms with E-state index in [1.54, 1.807) is 25.1 Å². The Kier molecular flexibility index (Phi) is 7.35. The number of carbonyl (C=O) groups is 1. The highest BCUT2D eigenvalue weighted by molar-refractivity contribution is 7.90. The summed E-state index contributed by atoms with van der Waals surface area (Å²) in [6.07, 6.45) is -2.79. The highest BCUT2D eigenvalue weighted by Crippen LogP contribution is 2.40. The molecule has 0 aromatic heterocycles. The molecule has 0 atom stereocenters. The van der Waals surface area contributed by atoms with Crippen LogP contribution in [0.2, 0.25) is 0 Å². The first-order valence-corrected chi connectivity index (χ1v) is 11.0. The first-order valence-electron chi connectivity index (χ1n) is 9.08. The van der Waals surface area contributed by atoms with E-state index in [0.29, 0.717) is 12.8 Å². The van der Waals surface area contributed by atoms with E-state index in [0.717, 1.165) is 23.3 Å². The molecule has 2 aromatic rings. The number of aromatic carboxylic acids is 1. The number of carboxylic acids is 1. The van der Waals surface area contributed by atoms with Crippen LogP contribution >= 0.6 is 0 Å². The molecule has 2 aromatic carbocycles. The van der Waals surface area contributed by atoms with Crippen LogP contribution in [-0.2, 0) is 9.84 Å². The Morgan fingerprint density at radius 2 is 1.80 bits per heavy atom. The summed E-state index contributed by atoms with van der Waals surface area (Å²) in [6.45, 7) is 0.348. The van der Waals surface area contributed by atoms with E-state index in [-0.39, 0.29) is 23.7 Å². The molecule has 1 N–H and O–H groups in total. The van der Waals surface area contributed by atoms with Crippen LogP contribution in [0.3, 0.4) is 0 Å². The zero-order valence-corrected chi connectivity index (χ0v) is 17.3. The summed E-state index contributed by atoms with van der Waals surface area (Å²) < 4.78 is 70.2. The van der Waals surface area contributed by atoms with Gasteiger partial charge in [-0.3, -0.25) is 0 Å². The number of alkyl halides is 3. The summed E-state index contributed by atoms with van der Waals surface area (Å²) in [4.78, 5) is 12.0. The minimum Gasteiger partial charge on any atom is -0.478 e. The summed E-state index contributed by atoms with van der Waals surface area (Å²) in [5.74, 6) is -1.60. The number of hydrogen-bond acceptors (Lipinski definition) is 5. The molecule has 0 saturated heterocycles. The molecule has 0 aliphatic carbocycles. The van der Waals surface area contributed by atoms with Crippen molar-refractivity contribution in [1.29, 1.82) is 0 Å². The quantitative estimate of drug-likeness (QED) is 0.600. The average molecular weight is 445 g/mol. The van der Waals surface area contributed by atoms with E-state index in [4.69, 9.17) is 4.74 Å². The van der Waals surface area contributed by atoms with Gasteiger partial charge in [0.25, 0.3) is 0 Å². The van der Waals surface area contributed by atoms with E-state index in [2.05, 4.69) is 0 Å². The first kappa shape index (κ1) is 23.5. The maximum absolute atomic E-state index is 13.3. The van der Waals surface area contributed by atoms with E-state index in [1.807, 2.05) is 0 Å². The highest BCUT2D eigenvalue weighted by Gasteiger charge is 2.34. The summed E-state index contributed by atoms with van der Waals surface area (Å²) in [5.41, 5.74) is -0.695. The number of ether oxygens (including phenoxy) is 1. The first-order chi connectivity index (χ1) is 13.9. The fourth-order valence-corrected chi connectivity index (χ4v) is 3.60. The van der Waals surface area contributed by atoms with Gasteiger partial charge in [-0.05, 0) is 30.7 Å². The number of rotatable bonds is 9. The molecule has 0 heterocycles. The number of sulfone groups is 1. The third-order valence-electron chi connectivity index (χ3n) is 4.14. The van der Waals surface area contributed by atoms with Gasteiger partial charge in [-0.1, -0.05) is 31.5 Å². The average Bonchev–Trinajstić information content (AvgIpc) is 2.64. The van der Waals surface area contributed by atoms with Crippen LogP contribution in [0.15, 0.2) is 47.4 Å². The Morgan fingerprint density at radius 3 is 2.30 bits per heavy atom. The van der Waals surface area contributed by atoms with Crippen molar-refractivity contribution in [2.45, 2.75) is 30.8 Å². The fourth-order valence-electron chi connectivity index (χ4n) is 2.78. The Balaban J connectivity index is 2.77. The van der Waals surface area contributed by atoms with Gasteiger partial charge in [-0.25, -0.2) is 13.2 Å². The number of anilines is 1. The molecule has 0 radical (unpaired) electrons. The van der Waals surface area contributed by atoms with Crippen molar-refractivity contribution in [3.8, 4) is 11.5 Å². The molecule has 10 heteroatoms. The van der Waals surface area contributed by atoms with E-state index in [1.165, 1.54) is 12.1 Å². The van der Waals surface area contributed by atoms with Crippen molar-refractivity contribution in [3.05, 3.63) is 48.0 Å². The molecule has 0 saturated carbocycles. The fraction of sp³-hybridized carbons (Fsp3) is 0.350. The largest absolute Gasteiger partial charge is 0.478 e. The van der Waals surface area contributed by atoms with E-state index < -0.39 is 39.0 Å². The van der Waals surface area contributed by atoms with Crippen molar-refractivity contribution in [2.75, 3.05) is 24.2 Å². The number of halogens is 3. The van der Waals surface area contributed by atoms with Crippen molar-refractivity contribution in [1.82, 2.24) is 0 Å². The lowest BCUT2D eigenvalue weighted by Gasteiger charge is -2.29. The van der Waals surface area contributed by atoms with Crippen molar-refractivity contribution >= 4 is 21.5 Å². The molecule has 2 rings (SSSR count). The molecule has 0 bridgehead atoms. The van der Waals surface area contributed by atoms with E-state index >= 15 is 0 Å². The van der Waals surface area contributed by atoms with Crippen LogP contribution in [0.1, 0.15) is 30.1 Å². The SMILES string of the molecule is CCCCN(CC(F)(F)F)c1cc(C(=O)O)cc(S(C)(=O)=O)c1Oc1ccccc1. The van der Waals surface area contributed by atoms with Crippen LogP contribution < -0.4 is 9.64 Å². The van der Waals surface area contributed by atoms with Gasteiger partial charge in [0, 0.05) is 12.8 Å². The number of para-hydroxylation sites is 1. The molecule has 0 aliphatic heterocycles. The minimum absolute atomic E-state index is 0.0621. The molecule has 0 amide bonds. The molecule has 0 aliphatic rings. The predicted octanol–water partition coefficient (Wildman–Crippen LogP) is 4.75. The standard InChI is InChI=1S/C20H22F3NO5S/c1-3-4-10-24(13-20(21,22)23)16-11-14(19(25)26)12-17(30(2,27)28)18(16)29-15-8-6-5-7-9-15/h5-9,11-12H,3-4,10,13H2,1-2H3,(H,25,26). The number of hydrogen-bond donors (Lipinski definition) is 1. The van der Waals surface area contributed by atoms with Crippen molar-refractivity contribution in [3.63, 3.8) is 0 Å². The van der Waals surface area contributed by atoms with Gasteiger partial charge in [-0.15, -0.1) is 0 Å². The van der Waals surface area contributed by atoms with Crippen LogP contribution in [0, 0.1) is 0 Å². The summed E-state index contributed by atoms with van der Waals surface area (Å²) in [7, 11) is -4.03. The molecular formula is C20H22F3NO5S. The Morgan fingerprint density at radius 1 is 1.17 bits per heavy atom. The Labute approximate surface area is 172 Å². The van der Waals surface area contributed by atoms with Gasteiger partial charge in [0.15, 0.2) is 15.6 Å². The second-order valence-electron chi connectivity index (χ2n) is 6.71. The lowest BCUT2D eigenvalue weighted by atomic mass is 10.1. The second kappa shape index (κ2) is 9.38. The summed E-state index contributed by atoms with van der Waals surface area (Å²) in [6, 6.07) is 9.86. The van der Waals surface area contributed by atoms with Crippen LogP contribution in [-0.4, -0.2) is 45.0 Å². The van der Waals surface area contributed by atoms with Crippen molar-refractivity contribution in [2.24, 2.45) is 0 Å². The third kappa shape index (κ3) is 6.38. The summed E-state index contributed by atoms with van der Waals surface area (Å²) in [5, 5.41) is 9.39. The van der Waals surface area contributed by atoms with Gasteiger partial charge in [0.05, 0.1) is 11.3 Å². The minimum atomic E-state index is -4.60. The maximum atomic E-state index is 13.3.